The molecule has 0 unspecified atom stereocenters. The van der Waals surface area contributed by atoms with Crippen molar-refractivity contribution in [1.82, 2.24) is 9.63 Å². The lowest BCUT2D eigenvalue weighted by molar-refractivity contribution is -0.161. The number of hydrogen-bond donors (Lipinski definition) is 1. The molecule has 1 aliphatic heterocycles. The second-order valence-electron chi connectivity index (χ2n) is 7.10. The second kappa shape index (κ2) is 7.07. The number of nitrogens with zero attached hydrogens (tertiary/aromatic N) is 2. The molecule has 0 radical (unpaired) electrons. The predicted molar refractivity (Wildman–Crippen MR) is 98.3 cm³/mol. The van der Waals surface area contributed by atoms with Crippen molar-refractivity contribution in [2.75, 3.05) is 6.54 Å². The maximum absolute atomic E-state index is 13.8. The normalized spacial score (nSPS) is 15.6. The van der Waals surface area contributed by atoms with Crippen LogP contribution in [0.3, 0.4) is 0 Å². The number of hydrogen-bond acceptors (Lipinski definition) is 4. The lowest BCUT2D eigenvalue weighted by Crippen LogP contribution is -2.43. The summed E-state index contributed by atoms with van der Waals surface area (Å²) in [6.45, 7) is 3.85. The molecule has 2 aromatic rings. The second-order valence-corrected chi connectivity index (χ2v) is 7.10. The summed E-state index contributed by atoms with van der Waals surface area (Å²) >= 11 is 0. The van der Waals surface area contributed by atoms with Gasteiger partial charge in [0.25, 0.3) is 5.56 Å². The van der Waals surface area contributed by atoms with Gasteiger partial charge in [0.15, 0.2) is 0 Å². The van der Waals surface area contributed by atoms with Crippen LogP contribution in [0.1, 0.15) is 31.9 Å². The molecule has 0 bridgehead atoms. The van der Waals surface area contributed by atoms with Gasteiger partial charge < -0.3 is 4.74 Å². The molecule has 1 amide bonds. The third-order valence-electron chi connectivity index (χ3n) is 4.68. The number of carbonyl (C=O) groups excluding carboxylic acids is 1. The van der Waals surface area contributed by atoms with Gasteiger partial charge in [0.2, 0.25) is 5.91 Å². The van der Waals surface area contributed by atoms with Gasteiger partial charge in [-0.3, -0.25) is 19.4 Å². The molecule has 0 atom stereocenters. The Bertz CT molecular complexity index is 1050. The van der Waals surface area contributed by atoms with Gasteiger partial charge in [0, 0.05) is 24.8 Å². The van der Waals surface area contributed by atoms with Crippen LogP contribution in [-0.2, 0) is 11.0 Å². The minimum atomic E-state index is -4.72. The number of halogens is 3. The molecule has 1 aromatic carbocycles. The molecular formula is C20H19F3N2O4. The summed E-state index contributed by atoms with van der Waals surface area (Å²) < 4.78 is 48.3. The monoisotopic (exact) mass is 408 g/mol. The van der Waals surface area contributed by atoms with Crippen molar-refractivity contribution in [3.05, 3.63) is 69.6 Å². The van der Waals surface area contributed by atoms with Gasteiger partial charge in [-0.2, -0.15) is 13.2 Å². The fourth-order valence-corrected chi connectivity index (χ4v) is 3.27. The molecule has 0 spiro atoms. The maximum Gasteiger partial charge on any atom is 0.417 e. The number of carbonyl (C=O) groups is 1. The van der Waals surface area contributed by atoms with Crippen molar-refractivity contribution in [2.45, 2.75) is 32.5 Å². The standard InChI is InChI=1S/C20H19F3N2O4/c1-12(26)25(28)11-14-18(24-10-5-4-9-16(24)27)17-13(20(21,22)23)7-6-8-15(17)29-19(14,2)3/h4-10,28H,11H2,1-3H3. The van der Waals surface area contributed by atoms with Crippen molar-refractivity contribution in [2.24, 2.45) is 0 Å². The summed E-state index contributed by atoms with van der Waals surface area (Å²) in [5.74, 6) is -0.755. The third kappa shape index (κ3) is 3.77. The van der Waals surface area contributed by atoms with Crippen LogP contribution in [0.25, 0.3) is 5.70 Å². The van der Waals surface area contributed by atoms with E-state index in [9.17, 15) is 28.0 Å². The molecule has 1 N–H and O–H groups in total. The van der Waals surface area contributed by atoms with E-state index in [1.165, 1.54) is 36.5 Å². The van der Waals surface area contributed by atoms with E-state index in [2.05, 4.69) is 0 Å². The van der Waals surface area contributed by atoms with Gasteiger partial charge in [-0.15, -0.1) is 0 Å². The van der Waals surface area contributed by atoms with E-state index in [1.54, 1.807) is 13.8 Å². The smallest absolute Gasteiger partial charge is 0.417 e. The third-order valence-corrected chi connectivity index (χ3v) is 4.68. The summed E-state index contributed by atoms with van der Waals surface area (Å²) in [5, 5.41) is 10.4. The predicted octanol–water partition coefficient (Wildman–Crippen LogP) is 3.54. The van der Waals surface area contributed by atoms with E-state index in [1.807, 2.05) is 0 Å². The van der Waals surface area contributed by atoms with E-state index >= 15 is 0 Å². The Morgan fingerprint density at radius 1 is 1.21 bits per heavy atom. The summed E-state index contributed by atoms with van der Waals surface area (Å²) in [4.78, 5) is 24.1. The SMILES string of the molecule is CC(=O)N(O)CC1=C(n2ccccc2=O)c2c(cccc2C(F)(F)F)OC1(C)C. The number of amides is 1. The van der Waals surface area contributed by atoms with E-state index in [0.29, 0.717) is 5.06 Å². The van der Waals surface area contributed by atoms with Crippen molar-refractivity contribution in [1.29, 1.82) is 0 Å². The van der Waals surface area contributed by atoms with Crippen molar-refractivity contribution in [3.63, 3.8) is 0 Å². The van der Waals surface area contributed by atoms with E-state index in [0.717, 1.165) is 17.6 Å². The lowest BCUT2D eigenvalue weighted by Gasteiger charge is -2.39. The van der Waals surface area contributed by atoms with Gasteiger partial charge in [-0.1, -0.05) is 12.1 Å². The van der Waals surface area contributed by atoms with Crippen LogP contribution in [0.5, 0.6) is 5.75 Å². The molecule has 29 heavy (non-hydrogen) atoms. The van der Waals surface area contributed by atoms with Gasteiger partial charge in [0.05, 0.1) is 23.4 Å². The molecular weight excluding hydrogens is 389 g/mol. The first-order valence-electron chi connectivity index (χ1n) is 8.71. The molecule has 0 fully saturated rings. The molecule has 1 aromatic heterocycles. The fraction of sp³-hybridized carbons (Fsp3) is 0.300. The molecule has 0 saturated carbocycles. The quantitative estimate of drug-likeness (QED) is 0.623. The summed E-state index contributed by atoms with van der Waals surface area (Å²) in [6.07, 6.45) is -3.38. The van der Waals surface area contributed by atoms with Crippen molar-refractivity contribution >= 4 is 11.6 Å². The molecule has 9 heteroatoms. The van der Waals surface area contributed by atoms with E-state index < -0.39 is 35.4 Å². The summed E-state index contributed by atoms with van der Waals surface area (Å²) in [6, 6.07) is 7.69. The molecule has 3 rings (SSSR count). The number of alkyl halides is 3. The molecule has 2 heterocycles. The van der Waals surface area contributed by atoms with Crippen LogP contribution in [0.15, 0.2) is 53.0 Å². The summed E-state index contributed by atoms with van der Waals surface area (Å²) in [5.41, 5.74) is -3.01. The first-order chi connectivity index (χ1) is 13.4. The van der Waals surface area contributed by atoms with E-state index in [-0.39, 0.29) is 22.6 Å². The average Bonchev–Trinajstić information content (AvgIpc) is 2.61. The highest BCUT2D eigenvalue weighted by molar-refractivity contribution is 5.80. The Balaban J connectivity index is 2.44. The molecule has 0 aliphatic carbocycles. The average molecular weight is 408 g/mol. The minimum absolute atomic E-state index is 0.0494. The number of aromatic nitrogens is 1. The molecule has 1 aliphatic rings. The Kier molecular flexibility index (Phi) is 5.04. The van der Waals surface area contributed by atoms with Crippen LogP contribution in [-0.4, -0.2) is 32.9 Å². The molecule has 6 nitrogen and oxygen atoms in total. The van der Waals surface area contributed by atoms with Crippen molar-refractivity contribution in [3.8, 4) is 5.75 Å². The Morgan fingerprint density at radius 3 is 2.48 bits per heavy atom. The lowest BCUT2D eigenvalue weighted by atomic mass is 9.87. The zero-order valence-corrected chi connectivity index (χ0v) is 15.9. The van der Waals surface area contributed by atoms with Crippen LogP contribution < -0.4 is 10.3 Å². The first kappa shape index (κ1) is 20.7. The number of rotatable bonds is 3. The zero-order valence-electron chi connectivity index (χ0n) is 15.9. The van der Waals surface area contributed by atoms with Crippen LogP contribution >= 0.6 is 0 Å². The number of hydroxylamine groups is 2. The minimum Gasteiger partial charge on any atom is -0.483 e. The zero-order chi connectivity index (χ0) is 21.6. The number of pyridine rings is 1. The molecule has 154 valence electrons. The van der Waals surface area contributed by atoms with Gasteiger partial charge in [0.1, 0.15) is 11.4 Å². The first-order valence-corrected chi connectivity index (χ1v) is 8.71. The number of fused-ring (bicyclic) bond motifs is 1. The number of benzene rings is 1. The largest absolute Gasteiger partial charge is 0.483 e. The highest BCUT2D eigenvalue weighted by atomic mass is 19.4. The Labute approximate surface area is 164 Å². The van der Waals surface area contributed by atoms with E-state index in [4.69, 9.17) is 4.74 Å². The van der Waals surface area contributed by atoms with Gasteiger partial charge in [-0.05, 0) is 32.0 Å². The fourth-order valence-electron chi connectivity index (χ4n) is 3.27. The topological polar surface area (TPSA) is 71.8 Å². The van der Waals surface area contributed by atoms with Crippen molar-refractivity contribution < 1.29 is 27.9 Å². The Morgan fingerprint density at radius 2 is 1.90 bits per heavy atom. The summed E-state index contributed by atoms with van der Waals surface area (Å²) in [7, 11) is 0. The highest BCUT2D eigenvalue weighted by Gasteiger charge is 2.43. The van der Waals surface area contributed by atoms with Gasteiger partial charge >= 0.3 is 6.18 Å². The van der Waals surface area contributed by atoms with Crippen LogP contribution in [0.2, 0.25) is 0 Å². The highest BCUT2D eigenvalue weighted by Crippen LogP contribution is 2.46. The number of ether oxygens (including phenoxy) is 1. The maximum atomic E-state index is 13.8. The van der Waals surface area contributed by atoms with Gasteiger partial charge in [-0.25, -0.2) is 5.06 Å². The Hall–Kier alpha value is -3.07. The van der Waals surface area contributed by atoms with Crippen LogP contribution in [0.4, 0.5) is 13.2 Å². The molecule has 0 saturated heterocycles. The van der Waals surface area contributed by atoms with Crippen LogP contribution in [0, 0.1) is 0 Å².